The van der Waals surface area contributed by atoms with Crippen LogP contribution in [-0.4, -0.2) is 61.4 Å². The minimum absolute atomic E-state index is 0.289. The van der Waals surface area contributed by atoms with Gasteiger partial charge in [0.1, 0.15) is 5.82 Å². The van der Waals surface area contributed by atoms with E-state index in [1.807, 2.05) is 6.07 Å². The van der Waals surface area contributed by atoms with Crippen LogP contribution in [0, 0.1) is 5.82 Å². The molecule has 2 saturated heterocycles. The van der Waals surface area contributed by atoms with Crippen LogP contribution in [0.15, 0.2) is 40.9 Å². The number of nitrogens with zero attached hydrogens (tertiary/aromatic N) is 3. The third kappa shape index (κ3) is 5.36. The number of fused-ring (bicyclic) bond motifs is 1. The average molecular weight is 468 g/mol. The lowest BCUT2D eigenvalue weighted by molar-refractivity contribution is 0.189. The van der Waals surface area contributed by atoms with Crippen molar-refractivity contribution in [3.8, 4) is 11.5 Å². The van der Waals surface area contributed by atoms with Crippen molar-refractivity contribution in [3.05, 3.63) is 53.5 Å². The molecule has 7 heteroatoms. The number of aromatic nitrogens is 1. The third-order valence-corrected chi connectivity index (χ3v) is 7.15. The smallest absolute Gasteiger partial charge is 0.170 e. The fourth-order valence-electron chi connectivity index (χ4n) is 5.25. The van der Waals surface area contributed by atoms with E-state index in [2.05, 4.69) is 27.1 Å². The van der Waals surface area contributed by atoms with Gasteiger partial charge in [-0.15, -0.1) is 0 Å². The Hall–Kier alpha value is -2.64. The van der Waals surface area contributed by atoms with Gasteiger partial charge in [-0.25, -0.2) is 4.39 Å². The van der Waals surface area contributed by atoms with Crippen LogP contribution >= 0.6 is 0 Å². The maximum absolute atomic E-state index is 13.4. The van der Waals surface area contributed by atoms with E-state index in [0.717, 1.165) is 68.0 Å². The molecule has 5 rings (SSSR count). The van der Waals surface area contributed by atoms with E-state index >= 15 is 0 Å². The molecular weight excluding hydrogens is 433 g/mol. The summed E-state index contributed by atoms with van der Waals surface area (Å²) in [6.07, 6.45) is 5.64. The fraction of sp³-hybridized carbons (Fsp3) is 0.519. The number of rotatable bonds is 9. The zero-order valence-corrected chi connectivity index (χ0v) is 20.0. The number of halogens is 1. The van der Waals surface area contributed by atoms with Crippen LogP contribution in [0.1, 0.15) is 49.3 Å². The number of hydrogen-bond donors (Lipinski definition) is 0. The molecule has 3 heterocycles. The van der Waals surface area contributed by atoms with E-state index in [-0.39, 0.29) is 5.82 Å². The molecule has 182 valence electrons. The van der Waals surface area contributed by atoms with Gasteiger partial charge < -0.3 is 18.9 Å². The minimum atomic E-state index is -0.289. The van der Waals surface area contributed by atoms with Gasteiger partial charge in [-0.1, -0.05) is 11.2 Å². The molecule has 2 aromatic carbocycles. The molecule has 0 radical (unpaired) electrons. The predicted molar refractivity (Wildman–Crippen MR) is 130 cm³/mol. The van der Waals surface area contributed by atoms with Crippen molar-refractivity contribution in [2.24, 2.45) is 0 Å². The summed E-state index contributed by atoms with van der Waals surface area (Å²) in [5, 5.41) is 5.19. The molecule has 0 unspecified atom stereocenters. The van der Waals surface area contributed by atoms with Crippen LogP contribution in [-0.2, 0) is 6.54 Å². The molecule has 1 aromatic heterocycles. The molecule has 3 aromatic rings. The summed E-state index contributed by atoms with van der Waals surface area (Å²) in [7, 11) is 1.71. The Morgan fingerprint density at radius 1 is 1.00 bits per heavy atom. The second-order valence-electron chi connectivity index (χ2n) is 9.49. The van der Waals surface area contributed by atoms with Crippen LogP contribution in [0.25, 0.3) is 11.0 Å². The maximum Gasteiger partial charge on any atom is 0.170 e. The maximum atomic E-state index is 13.4. The Balaban J connectivity index is 1.06. The average Bonchev–Trinajstić information content (AvgIpc) is 3.52. The zero-order valence-electron chi connectivity index (χ0n) is 20.0. The lowest BCUT2D eigenvalue weighted by Gasteiger charge is -2.31. The first-order valence-electron chi connectivity index (χ1n) is 12.5. The quantitative estimate of drug-likeness (QED) is 0.402. The second-order valence-corrected chi connectivity index (χ2v) is 9.49. The minimum Gasteiger partial charge on any atom is -0.493 e. The second kappa shape index (κ2) is 10.7. The Labute approximate surface area is 200 Å². The SMILES string of the molecule is COc1cc(CN2CCCC2)ccc1OCCCN1CCC(c2noc3cc(F)ccc23)CC1. The highest BCUT2D eigenvalue weighted by atomic mass is 19.1. The lowest BCUT2D eigenvalue weighted by atomic mass is 9.91. The summed E-state index contributed by atoms with van der Waals surface area (Å²) < 4.78 is 30.4. The van der Waals surface area contributed by atoms with Crippen molar-refractivity contribution in [2.75, 3.05) is 46.4 Å². The van der Waals surface area contributed by atoms with Crippen molar-refractivity contribution < 1.29 is 18.4 Å². The summed E-state index contributed by atoms with van der Waals surface area (Å²) in [6, 6.07) is 11.0. The highest BCUT2D eigenvalue weighted by Crippen LogP contribution is 2.33. The largest absolute Gasteiger partial charge is 0.493 e. The summed E-state index contributed by atoms with van der Waals surface area (Å²) in [5.74, 6) is 1.71. The van der Waals surface area contributed by atoms with Gasteiger partial charge in [0.2, 0.25) is 0 Å². The van der Waals surface area contributed by atoms with Crippen molar-refractivity contribution in [2.45, 2.75) is 44.6 Å². The molecule has 0 bridgehead atoms. The van der Waals surface area contributed by atoms with Gasteiger partial charge >= 0.3 is 0 Å². The lowest BCUT2D eigenvalue weighted by Crippen LogP contribution is -2.34. The fourth-order valence-corrected chi connectivity index (χ4v) is 5.25. The summed E-state index contributed by atoms with van der Waals surface area (Å²) in [6.45, 7) is 7.07. The normalized spacial score (nSPS) is 18.1. The molecule has 34 heavy (non-hydrogen) atoms. The van der Waals surface area contributed by atoms with Gasteiger partial charge in [-0.3, -0.25) is 4.90 Å². The monoisotopic (exact) mass is 467 g/mol. The van der Waals surface area contributed by atoms with Gasteiger partial charge in [0.05, 0.1) is 19.4 Å². The van der Waals surface area contributed by atoms with Gasteiger partial charge in [0.25, 0.3) is 0 Å². The van der Waals surface area contributed by atoms with E-state index in [4.69, 9.17) is 14.0 Å². The molecule has 0 aliphatic carbocycles. The van der Waals surface area contributed by atoms with Gasteiger partial charge in [0.15, 0.2) is 17.1 Å². The predicted octanol–water partition coefficient (Wildman–Crippen LogP) is 5.22. The molecule has 2 aliphatic rings. The van der Waals surface area contributed by atoms with E-state index in [9.17, 15) is 4.39 Å². The summed E-state index contributed by atoms with van der Waals surface area (Å²) >= 11 is 0. The van der Waals surface area contributed by atoms with E-state index < -0.39 is 0 Å². The molecule has 2 aliphatic heterocycles. The van der Waals surface area contributed by atoms with Crippen molar-refractivity contribution in [1.82, 2.24) is 15.0 Å². The van der Waals surface area contributed by atoms with Crippen LogP contribution in [0.2, 0.25) is 0 Å². The van der Waals surface area contributed by atoms with Crippen molar-refractivity contribution in [3.63, 3.8) is 0 Å². The number of hydrogen-bond acceptors (Lipinski definition) is 6. The van der Waals surface area contributed by atoms with Crippen LogP contribution in [0.3, 0.4) is 0 Å². The molecule has 0 amide bonds. The number of methoxy groups -OCH3 is 1. The number of ether oxygens (including phenoxy) is 2. The van der Waals surface area contributed by atoms with Crippen molar-refractivity contribution >= 4 is 11.0 Å². The van der Waals surface area contributed by atoms with Gasteiger partial charge in [-0.2, -0.15) is 0 Å². The Morgan fingerprint density at radius 3 is 2.62 bits per heavy atom. The topological polar surface area (TPSA) is 51.0 Å². The Bertz CT molecular complexity index is 1090. The first kappa shape index (κ1) is 23.1. The van der Waals surface area contributed by atoms with Crippen LogP contribution < -0.4 is 9.47 Å². The van der Waals surface area contributed by atoms with Crippen LogP contribution in [0.5, 0.6) is 11.5 Å². The molecule has 0 atom stereocenters. The van der Waals surface area contributed by atoms with Crippen molar-refractivity contribution in [1.29, 1.82) is 0 Å². The molecule has 2 fully saturated rings. The molecule has 6 nitrogen and oxygen atoms in total. The zero-order chi connectivity index (χ0) is 23.3. The molecule has 0 N–H and O–H groups in total. The Morgan fingerprint density at radius 2 is 1.82 bits per heavy atom. The number of benzene rings is 2. The van der Waals surface area contributed by atoms with E-state index in [0.29, 0.717) is 18.1 Å². The highest BCUT2D eigenvalue weighted by molar-refractivity contribution is 5.79. The standard InChI is InChI=1S/C27H34FN3O3/c1-32-26-17-20(19-31-11-2-3-12-31)5-8-24(26)33-16-4-13-30-14-9-21(10-15-30)27-23-7-6-22(28)18-25(23)34-29-27/h5-8,17-18,21H,2-4,9-16,19H2,1H3. The molecule has 0 saturated carbocycles. The first-order valence-corrected chi connectivity index (χ1v) is 12.5. The van der Waals surface area contributed by atoms with E-state index in [1.54, 1.807) is 13.2 Å². The number of piperidine rings is 1. The van der Waals surface area contributed by atoms with Gasteiger partial charge in [-0.05, 0) is 88.1 Å². The third-order valence-electron chi connectivity index (χ3n) is 7.15. The van der Waals surface area contributed by atoms with Gasteiger partial charge in [0, 0.05) is 30.5 Å². The summed E-state index contributed by atoms with van der Waals surface area (Å²) in [4.78, 5) is 4.97. The molecular formula is C27H34FN3O3. The summed E-state index contributed by atoms with van der Waals surface area (Å²) in [5.41, 5.74) is 2.78. The number of likely N-dealkylation sites (tertiary alicyclic amines) is 2. The molecule has 0 spiro atoms. The van der Waals surface area contributed by atoms with Crippen LogP contribution in [0.4, 0.5) is 4.39 Å². The Kier molecular flexibility index (Phi) is 7.30. The first-order chi connectivity index (χ1) is 16.7. The van der Waals surface area contributed by atoms with E-state index in [1.165, 1.54) is 43.6 Å². The highest BCUT2D eigenvalue weighted by Gasteiger charge is 2.25.